The van der Waals surface area contributed by atoms with Gasteiger partial charge in [0.25, 0.3) is 0 Å². The summed E-state index contributed by atoms with van der Waals surface area (Å²) in [6, 6.07) is 15.5. The molecule has 0 radical (unpaired) electrons. The summed E-state index contributed by atoms with van der Waals surface area (Å²) in [5.74, 6) is 0.596. The smallest absolute Gasteiger partial charge is 0.248 e. The van der Waals surface area contributed by atoms with Crippen LogP contribution in [0.3, 0.4) is 0 Å². The van der Waals surface area contributed by atoms with E-state index >= 15 is 0 Å². The lowest BCUT2D eigenvalue weighted by Crippen LogP contribution is -2.34. The molecular formula is C36H50N2O2. The Bertz CT molecular complexity index is 1270. The third-order valence-electron chi connectivity index (χ3n) is 9.30. The summed E-state index contributed by atoms with van der Waals surface area (Å²) in [7, 11) is 0. The van der Waals surface area contributed by atoms with Gasteiger partial charge in [0.2, 0.25) is 5.91 Å². The highest BCUT2D eigenvalue weighted by molar-refractivity contribution is 5.92. The van der Waals surface area contributed by atoms with Crippen molar-refractivity contribution in [1.82, 2.24) is 5.32 Å². The van der Waals surface area contributed by atoms with E-state index < -0.39 is 5.91 Å². The highest BCUT2D eigenvalue weighted by Crippen LogP contribution is 2.49. The summed E-state index contributed by atoms with van der Waals surface area (Å²) in [5.41, 5.74) is 12.9. The van der Waals surface area contributed by atoms with Crippen LogP contribution in [0.5, 0.6) is 0 Å². The van der Waals surface area contributed by atoms with Gasteiger partial charge in [-0.05, 0) is 96.4 Å². The maximum absolute atomic E-state index is 11.7. The van der Waals surface area contributed by atoms with Crippen molar-refractivity contribution in [2.24, 2.45) is 5.73 Å². The third-order valence-corrected chi connectivity index (χ3v) is 9.30. The fourth-order valence-electron chi connectivity index (χ4n) is 6.36. The SMILES string of the molecule is CCC1(c2ccc(C(N)=O)cc2)C=CC(OCCCCNC(C)C)=C(c2ccc3c(c2)C(C)(C)CCC3(C)C)C1. The van der Waals surface area contributed by atoms with E-state index in [9.17, 15) is 4.79 Å². The second-order valence-electron chi connectivity index (χ2n) is 13.5. The second-order valence-corrected chi connectivity index (χ2v) is 13.5. The average Bonchev–Trinajstić information content (AvgIpc) is 2.93. The van der Waals surface area contributed by atoms with E-state index in [0.717, 1.165) is 38.0 Å². The van der Waals surface area contributed by atoms with E-state index in [0.29, 0.717) is 18.2 Å². The number of nitrogens with one attached hydrogen (secondary N) is 1. The predicted molar refractivity (Wildman–Crippen MR) is 168 cm³/mol. The van der Waals surface area contributed by atoms with Gasteiger partial charge in [0.05, 0.1) is 6.61 Å². The summed E-state index contributed by atoms with van der Waals surface area (Å²) in [6.07, 6.45) is 10.8. The zero-order chi connectivity index (χ0) is 29.1. The van der Waals surface area contributed by atoms with Gasteiger partial charge in [-0.15, -0.1) is 0 Å². The molecule has 4 nitrogen and oxygen atoms in total. The van der Waals surface area contributed by atoms with E-state index in [1.807, 2.05) is 12.1 Å². The van der Waals surface area contributed by atoms with E-state index in [2.05, 4.69) is 96.3 Å². The fourth-order valence-corrected chi connectivity index (χ4v) is 6.36. The predicted octanol–water partition coefficient (Wildman–Crippen LogP) is 7.95. The van der Waals surface area contributed by atoms with Crippen LogP contribution in [0.15, 0.2) is 60.4 Å². The minimum atomic E-state index is -0.393. The van der Waals surface area contributed by atoms with Crippen LogP contribution in [0, 0.1) is 0 Å². The van der Waals surface area contributed by atoms with Gasteiger partial charge in [-0.3, -0.25) is 4.79 Å². The number of ether oxygens (including phenoxy) is 1. The molecule has 2 aliphatic carbocycles. The van der Waals surface area contributed by atoms with Crippen molar-refractivity contribution in [3.05, 3.63) is 88.2 Å². The Morgan fingerprint density at radius 1 is 0.975 bits per heavy atom. The first-order chi connectivity index (χ1) is 18.9. The Labute approximate surface area is 242 Å². The number of benzene rings is 2. The molecule has 2 aromatic rings. The molecule has 0 bridgehead atoms. The van der Waals surface area contributed by atoms with Gasteiger partial charge < -0.3 is 15.8 Å². The van der Waals surface area contributed by atoms with Crippen LogP contribution in [0.1, 0.15) is 120 Å². The molecule has 0 fully saturated rings. The standard InChI is InChI=1S/C36H50N2O2/c1-8-36(28-14-11-26(12-15-28)33(37)39)18-17-32(40-22-10-9-21-38-25(2)3)29(24-36)27-13-16-30-31(23-27)35(6,7)20-19-34(30,4)5/h11-18,23,25,38H,8-10,19-22,24H2,1-7H3,(H2,37,39). The molecule has 2 aliphatic rings. The van der Waals surface area contributed by atoms with Gasteiger partial charge in [-0.2, -0.15) is 0 Å². The number of hydrogen-bond donors (Lipinski definition) is 2. The van der Waals surface area contributed by atoms with E-state index in [4.69, 9.17) is 10.5 Å². The zero-order valence-electron chi connectivity index (χ0n) is 25.8. The molecule has 40 heavy (non-hydrogen) atoms. The summed E-state index contributed by atoms with van der Waals surface area (Å²) in [5, 5.41) is 3.50. The number of amides is 1. The van der Waals surface area contributed by atoms with E-state index in [1.54, 1.807) is 0 Å². The molecule has 4 rings (SSSR count). The Hall–Kier alpha value is -2.85. The normalized spacial score (nSPS) is 21.4. The monoisotopic (exact) mass is 542 g/mol. The molecule has 1 amide bonds. The number of hydrogen-bond acceptors (Lipinski definition) is 3. The molecule has 3 N–H and O–H groups in total. The van der Waals surface area contributed by atoms with E-state index in [1.165, 1.54) is 40.7 Å². The first-order valence-corrected chi connectivity index (χ1v) is 15.2. The quantitative estimate of drug-likeness (QED) is 0.283. The van der Waals surface area contributed by atoms with Crippen LogP contribution in [-0.4, -0.2) is 25.1 Å². The molecule has 0 saturated heterocycles. The van der Waals surface area contributed by atoms with Gasteiger partial charge in [-0.1, -0.05) is 84.9 Å². The van der Waals surface area contributed by atoms with Gasteiger partial charge in [0.1, 0.15) is 5.76 Å². The first kappa shape index (κ1) is 30.1. The Morgan fingerprint density at radius 3 is 2.27 bits per heavy atom. The fraction of sp³-hybridized carbons (Fsp3) is 0.528. The van der Waals surface area contributed by atoms with Crippen LogP contribution in [-0.2, 0) is 21.0 Å². The molecule has 2 aromatic carbocycles. The lowest BCUT2D eigenvalue weighted by molar-refractivity contribution is 0.1000. The minimum absolute atomic E-state index is 0.142. The van der Waals surface area contributed by atoms with Crippen molar-refractivity contribution in [3.63, 3.8) is 0 Å². The maximum atomic E-state index is 11.7. The number of primary amides is 1. The minimum Gasteiger partial charge on any atom is -0.493 e. The molecule has 1 unspecified atom stereocenters. The number of carbonyl (C=O) groups is 1. The van der Waals surface area contributed by atoms with Crippen LogP contribution in [0.25, 0.3) is 5.57 Å². The molecule has 0 saturated carbocycles. The molecule has 4 heteroatoms. The van der Waals surface area contributed by atoms with Gasteiger partial charge in [0.15, 0.2) is 0 Å². The Kier molecular flexibility index (Phi) is 8.99. The second kappa shape index (κ2) is 11.9. The maximum Gasteiger partial charge on any atom is 0.248 e. The highest BCUT2D eigenvalue weighted by Gasteiger charge is 2.38. The van der Waals surface area contributed by atoms with Gasteiger partial charge in [0, 0.05) is 22.6 Å². The summed E-state index contributed by atoms with van der Waals surface area (Å²) in [6.45, 7) is 17.9. The van der Waals surface area contributed by atoms with Crippen LogP contribution < -0.4 is 11.1 Å². The molecule has 0 aliphatic heterocycles. The molecule has 1 atom stereocenters. The molecule has 0 aromatic heterocycles. The zero-order valence-corrected chi connectivity index (χ0v) is 25.8. The first-order valence-electron chi connectivity index (χ1n) is 15.2. The van der Waals surface area contributed by atoms with Crippen molar-refractivity contribution < 1.29 is 9.53 Å². The number of nitrogens with two attached hydrogens (primary N) is 1. The molecule has 0 heterocycles. The topological polar surface area (TPSA) is 64.4 Å². The largest absolute Gasteiger partial charge is 0.493 e. The van der Waals surface area contributed by atoms with Crippen molar-refractivity contribution in [3.8, 4) is 0 Å². The number of allylic oxidation sites excluding steroid dienone is 3. The summed E-state index contributed by atoms with van der Waals surface area (Å²) < 4.78 is 6.52. The van der Waals surface area contributed by atoms with E-state index in [-0.39, 0.29) is 16.2 Å². The summed E-state index contributed by atoms with van der Waals surface area (Å²) >= 11 is 0. The summed E-state index contributed by atoms with van der Waals surface area (Å²) in [4.78, 5) is 11.7. The number of rotatable bonds is 11. The number of unbranched alkanes of at least 4 members (excludes halogenated alkanes) is 1. The molecule has 0 spiro atoms. The van der Waals surface area contributed by atoms with Crippen molar-refractivity contribution in [2.75, 3.05) is 13.2 Å². The average molecular weight is 543 g/mol. The van der Waals surface area contributed by atoms with Crippen LogP contribution in [0.2, 0.25) is 0 Å². The molecular weight excluding hydrogens is 492 g/mol. The van der Waals surface area contributed by atoms with Crippen molar-refractivity contribution in [2.45, 2.75) is 109 Å². The van der Waals surface area contributed by atoms with Crippen molar-refractivity contribution >= 4 is 11.5 Å². The van der Waals surface area contributed by atoms with Gasteiger partial charge >= 0.3 is 0 Å². The van der Waals surface area contributed by atoms with Gasteiger partial charge in [-0.25, -0.2) is 0 Å². The van der Waals surface area contributed by atoms with Crippen molar-refractivity contribution in [1.29, 1.82) is 0 Å². The molecule has 216 valence electrons. The van der Waals surface area contributed by atoms with Crippen LogP contribution >= 0.6 is 0 Å². The number of fused-ring (bicyclic) bond motifs is 1. The highest BCUT2D eigenvalue weighted by atomic mass is 16.5. The lowest BCUT2D eigenvalue weighted by Gasteiger charge is -2.42. The Balaban J connectivity index is 1.70. The van der Waals surface area contributed by atoms with Crippen LogP contribution in [0.4, 0.5) is 0 Å². The Morgan fingerprint density at radius 2 is 1.65 bits per heavy atom. The third kappa shape index (κ3) is 6.38. The number of carbonyl (C=O) groups excluding carboxylic acids is 1. The lowest BCUT2D eigenvalue weighted by atomic mass is 9.62.